The van der Waals surface area contributed by atoms with Crippen LogP contribution in [0.4, 0.5) is 5.69 Å². The Morgan fingerprint density at radius 2 is 2.27 bits per heavy atom. The molecule has 0 spiro atoms. The first-order valence-electron chi connectivity index (χ1n) is 5.60. The Morgan fingerprint density at radius 3 is 2.93 bits per heavy atom. The molecule has 2 rings (SSSR count). The van der Waals surface area contributed by atoms with E-state index in [2.05, 4.69) is 37.1 Å². The molecule has 0 saturated carbocycles. The molecule has 2 unspecified atom stereocenters. The lowest BCUT2D eigenvalue weighted by Gasteiger charge is -2.13. The third-order valence-corrected chi connectivity index (χ3v) is 3.12. The van der Waals surface area contributed by atoms with Gasteiger partial charge in [0.25, 0.3) is 0 Å². The number of hydrogen-bond acceptors (Lipinski definition) is 2. The monoisotopic (exact) mass is 205 g/mol. The summed E-state index contributed by atoms with van der Waals surface area (Å²) in [6, 6.07) is 6.56. The first kappa shape index (κ1) is 10.5. The van der Waals surface area contributed by atoms with E-state index in [9.17, 15) is 5.11 Å². The molecule has 0 fully saturated rings. The molecule has 0 saturated heterocycles. The van der Waals surface area contributed by atoms with Crippen molar-refractivity contribution < 1.29 is 5.11 Å². The zero-order chi connectivity index (χ0) is 11.0. The highest BCUT2D eigenvalue weighted by atomic mass is 16.3. The number of aliphatic hydroxyl groups is 1. The summed E-state index contributed by atoms with van der Waals surface area (Å²) in [5.74, 6) is 0.630. The van der Waals surface area contributed by atoms with Gasteiger partial charge in [0.05, 0.1) is 6.10 Å². The predicted molar refractivity (Wildman–Crippen MR) is 63.5 cm³/mol. The van der Waals surface area contributed by atoms with Crippen molar-refractivity contribution in [2.75, 3.05) is 18.5 Å². The molecule has 1 heterocycles. The number of nitrogens with zero attached hydrogens (tertiary/aromatic N) is 1. The van der Waals surface area contributed by atoms with E-state index < -0.39 is 0 Å². The van der Waals surface area contributed by atoms with Crippen molar-refractivity contribution in [2.24, 2.45) is 0 Å². The smallest absolute Gasteiger partial charge is 0.0552 e. The van der Waals surface area contributed by atoms with Gasteiger partial charge >= 0.3 is 0 Å². The number of hydrogen-bond donors (Lipinski definition) is 1. The van der Waals surface area contributed by atoms with Crippen molar-refractivity contribution in [2.45, 2.75) is 32.3 Å². The Labute approximate surface area is 91.5 Å². The quantitative estimate of drug-likeness (QED) is 0.799. The topological polar surface area (TPSA) is 23.5 Å². The maximum atomic E-state index is 9.36. The fourth-order valence-electron chi connectivity index (χ4n) is 2.41. The average Bonchev–Trinajstić information content (AvgIpc) is 2.41. The standard InChI is InChI=1S/C13H19NO/c1-9-8-14(3)13-7-11(6-10(2)15)4-5-12(9)13/h4-5,7,9-10,15H,6,8H2,1-3H3. The maximum Gasteiger partial charge on any atom is 0.0552 e. The van der Waals surface area contributed by atoms with Crippen molar-refractivity contribution in [3.63, 3.8) is 0 Å². The van der Waals surface area contributed by atoms with Gasteiger partial charge in [-0.25, -0.2) is 0 Å². The average molecular weight is 205 g/mol. The maximum absolute atomic E-state index is 9.36. The van der Waals surface area contributed by atoms with Crippen LogP contribution in [0.3, 0.4) is 0 Å². The highest BCUT2D eigenvalue weighted by Crippen LogP contribution is 2.35. The molecule has 2 heteroatoms. The zero-order valence-corrected chi connectivity index (χ0v) is 9.70. The molecule has 0 bridgehead atoms. The normalized spacial score (nSPS) is 21.6. The van der Waals surface area contributed by atoms with Crippen LogP contribution in [-0.4, -0.2) is 24.8 Å². The molecule has 1 aromatic carbocycles. The van der Waals surface area contributed by atoms with Crippen LogP contribution in [0.5, 0.6) is 0 Å². The fourth-order valence-corrected chi connectivity index (χ4v) is 2.41. The number of rotatable bonds is 2. The molecular weight excluding hydrogens is 186 g/mol. The Balaban J connectivity index is 2.30. The van der Waals surface area contributed by atoms with Crippen LogP contribution in [0, 0.1) is 0 Å². The van der Waals surface area contributed by atoms with Gasteiger partial charge in [0.2, 0.25) is 0 Å². The number of benzene rings is 1. The molecule has 15 heavy (non-hydrogen) atoms. The molecule has 0 aromatic heterocycles. The largest absolute Gasteiger partial charge is 0.393 e. The van der Waals surface area contributed by atoms with Gasteiger partial charge in [-0.1, -0.05) is 19.1 Å². The molecular formula is C13H19NO. The van der Waals surface area contributed by atoms with E-state index >= 15 is 0 Å². The summed E-state index contributed by atoms with van der Waals surface area (Å²) in [6.07, 6.45) is 0.488. The van der Waals surface area contributed by atoms with Crippen molar-refractivity contribution in [3.05, 3.63) is 29.3 Å². The summed E-state index contributed by atoms with van der Waals surface area (Å²) in [7, 11) is 2.13. The number of fused-ring (bicyclic) bond motifs is 1. The fraction of sp³-hybridized carbons (Fsp3) is 0.538. The molecule has 0 radical (unpaired) electrons. The Bertz CT molecular complexity index is 360. The molecule has 0 aliphatic carbocycles. The van der Waals surface area contributed by atoms with Crippen molar-refractivity contribution >= 4 is 5.69 Å². The second kappa shape index (κ2) is 3.86. The molecule has 1 aliphatic rings. The third-order valence-electron chi connectivity index (χ3n) is 3.12. The number of anilines is 1. The van der Waals surface area contributed by atoms with Crippen LogP contribution in [-0.2, 0) is 6.42 Å². The number of likely N-dealkylation sites (N-methyl/N-ethyl adjacent to an activating group) is 1. The van der Waals surface area contributed by atoms with Gasteiger partial charge in [-0.2, -0.15) is 0 Å². The summed E-state index contributed by atoms with van der Waals surface area (Å²) in [6.45, 7) is 5.20. The van der Waals surface area contributed by atoms with Gasteiger partial charge in [0.1, 0.15) is 0 Å². The molecule has 1 aromatic rings. The third kappa shape index (κ3) is 2.00. The van der Waals surface area contributed by atoms with E-state index in [0.717, 1.165) is 13.0 Å². The SMILES string of the molecule is CC(O)Cc1ccc2c(c1)N(C)CC2C. The van der Waals surface area contributed by atoms with Gasteiger partial charge < -0.3 is 10.0 Å². The first-order valence-corrected chi connectivity index (χ1v) is 5.60. The minimum atomic E-state index is -0.257. The molecule has 2 nitrogen and oxygen atoms in total. The number of aliphatic hydroxyl groups excluding tert-OH is 1. The van der Waals surface area contributed by atoms with Crippen LogP contribution in [0.25, 0.3) is 0 Å². The summed E-state index contributed by atoms with van der Waals surface area (Å²) in [4.78, 5) is 2.30. The minimum absolute atomic E-state index is 0.257. The van der Waals surface area contributed by atoms with E-state index in [1.54, 1.807) is 0 Å². The van der Waals surface area contributed by atoms with Crippen LogP contribution in [0.2, 0.25) is 0 Å². The van der Waals surface area contributed by atoms with Gasteiger partial charge in [0.15, 0.2) is 0 Å². The summed E-state index contributed by atoms with van der Waals surface area (Å²) in [5.41, 5.74) is 4.00. The van der Waals surface area contributed by atoms with Gasteiger partial charge in [-0.05, 0) is 30.5 Å². The summed E-state index contributed by atoms with van der Waals surface area (Å²) < 4.78 is 0. The molecule has 0 amide bonds. The van der Waals surface area contributed by atoms with Gasteiger partial charge in [0, 0.05) is 25.2 Å². The lowest BCUT2D eigenvalue weighted by Crippen LogP contribution is -2.14. The van der Waals surface area contributed by atoms with E-state index in [-0.39, 0.29) is 6.10 Å². The molecule has 1 aliphatic heterocycles. The van der Waals surface area contributed by atoms with Crippen molar-refractivity contribution in [1.82, 2.24) is 0 Å². The van der Waals surface area contributed by atoms with Gasteiger partial charge in [-0.15, -0.1) is 0 Å². The van der Waals surface area contributed by atoms with E-state index in [0.29, 0.717) is 5.92 Å². The summed E-state index contributed by atoms with van der Waals surface area (Å²) in [5, 5.41) is 9.36. The highest BCUT2D eigenvalue weighted by Gasteiger charge is 2.22. The van der Waals surface area contributed by atoms with Crippen LogP contribution < -0.4 is 4.90 Å². The highest BCUT2D eigenvalue weighted by molar-refractivity contribution is 5.60. The molecule has 1 N–H and O–H groups in total. The van der Waals surface area contributed by atoms with E-state index in [1.807, 2.05) is 6.92 Å². The van der Waals surface area contributed by atoms with Crippen LogP contribution in [0.1, 0.15) is 30.9 Å². The Kier molecular flexibility index (Phi) is 2.70. The summed E-state index contributed by atoms with van der Waals surface area (Å²) >= 11 is 0. The van der Waals surface area contributed by atoms with Crippen molar-refractivity contribution in [3.8, 4) is 0 Å². The zero-order valence-electron chi connectivity index (χ0n) is 9.70. The first-order chi connectivity index (χ1) is 7.08. The van der Waals surface area contributed by atoms with E-state index in [1.165, 1.54) is 16.8 Å². The lowest BCUT2D eigenvalue weighted by molar-refractivity contribution is 0.195. The Hall–Kier alpha value is -1.02. The van der Waals surface area contributed by atoms with Gasteiger partial charge in [-0.3, -0.25) is 0 Å². The lowest BCUT2D eigenvalue weighted by atomic mass is 10.00. The van der Waals surface area contributed by atoms with Crippen LogP contribution in [0.15, 0.2) is 18.2 Å². The second-order valence-electron chi connectivity index (χ2n) is 4.73. The molecule has 82 valence electrons. The van der Waals surface area contributed by atoms with Crippen molar-refractivity contribution in [1.29, 1.82) is 0 Å². The molecule has 2 atom stereocenters. The predicted octanol–water partition coefficient (Wildman–Crippen LogP) is 2.16. The minimum Gasteiger partial charge on any atom is -0.393 e. The van der Waals surface area contributed by atoms with E-state index in [4.69, 9.17) is 0 Å². The second-order valence-corrected chi connectivity index (χ2v) is 4.73. The van der Waals surface area contributed by atoms with Crippen LogP contribution >= 0.6 is 0 Å². The Morgan fingerprint density at radius 1 is 1.53 bits per heavy atom.